The second-order valence-corrected chi connectivity index (χ2v) is 1.28. The molecule has 1 N–H and O–H groups in total. The molecule has 0 atom stereocenters. The van der Waals surface area contributed by atoms with Crippen molar-refractivity contribution in [3.63, 3.8) is 0 Å². The molecule has 1 heteroatoms. The van der Waals surface area contributed by atoms with Crippen LogP contribution in [0.15, 0.2) is 0 Å². The topological polar surface area (TPSA) is 23.9 Å². The predicted molar refractivity (Wildman–Crippen MR) is 24.7 cm³/mol. The van der Waals surface area contributed by atoms with Gasteiger partial charge in [0.05, 0.1) is 5.71 Å². The number of rotatable bonds is 0. The number of hydrogen-bond acceptors (Lipinski definition) is 1. The number of hydrogen-bond donors (Lipinski definition) is 1. The maximum atomic E-state index is 6.88. The molecule has 1 nitrogen and oxygen atoms in total. The van der Waals surface area contributed by atoms with Crippen LogP contribution in [0.3, 0.4) is 0 Å². The van der Waals surface area contributed by atoms with Crippen LogP contribution in [0.1, 0.15) is 12.8 Å². The molecule has 0 aliphatic heterocycles. The van der Waals surface area contributed by atoms with Crippen molar-refractivity contribution in [1.29, 1.82) is 5.41 Å². The molecule has 0 aromatic carbocycles. The van der Waals surface area contributed by atoms with Crippen LogP contribution in [0.2, 0.25) is 0 Å². The molecular weight excluding hydrogens is 74.1 g/mol. The van der Waals surface area contributed by atoms with Gasteiger partial charge in [0.2, 0.25) is 0 Å². The Labute approximate surface area is 36.9 Å². The van der Waals surface area contributed by atoms with E-state index in [1.807, 2.05) is 0 Å². The zero-order valence-electron chi connectivity index (χ0n) is 3.41. The first kappa shape index (κ1) is 3.42. The van der Waals surface area contributed by atoms with Gasteiger partial charge in [-0.05, 0) is 0 Å². The highest BCUT2D eigenvalue weighted by molar-refractivity contribution is 5.99. The van der Waals surface area contributed by atoms with Gasteiger partial charge >= 0.3 is 0 Å². The Kier molecular flexibility index (Phi) is 0.648. The quantitative estimate of drug-likeness (QED) is 0.415. The fraction of sp³-hybridized carbons (Fsp3) is 0.400. The largest absolute Gasteiger partial charge is 0.296 e. The van der Waals surface area contributed by atoms with Gasteiger partial charge in [-0.1, -0.05) is 11.8 Å². The van der Waals surface area contributed by atoms with Crippen LogP contribution in [-0.4, -0.2) is 5.71 Å². The molecule has 6 heavy (non-hydrogen) atoms. The Morgan fingerprint density at radius 1 is 1.67 bits per heavy atom. The molecule has 0 aromatic rings. The summed E-state index contributed by atoms with van der Waals surface area (Å²) in [6, 6.07) is 0. The van der Waals surface area contributed by atoms with E-state index in [1.165, 1.54) is 0 Å². The van der Waals surface area contributed by atoms with Crippen LogP contribution < -0.4 is 0 Å². The summed E-state index contributed by atoms with van der Waals surface area (Å²) >= 11 is 0. The maximum absolute atomic E-state index is 6.88. The van der Waals surface area contributed by atoms with Crippen molar-refractivity contribution in [3.8, 4) is 11.8 Å². The smallest absolute Gasteiger partial charge is 0.0819 e. The molecule has 0 aromatic heterocycles. The molecule has 0 radical (unpaired) electrons. The van der Waals surface area contributed by atoms with Gasteiger partial charge in [0.1, 0.15) is 0 Å². The lowest BCUT2D eigenvalue weighted by molar-refractivity contribution is 1.15. The summed E-state index contributed by atoms with van der Waals surface area (Å²) in [5.41, 5.74) is 0.593. The minimum Gasteiger partial charge on any atom is -0.296 e. The van der Waals surface area contributed by atoms with Crippen molar-refractivity contribution < 1.29 is 0 Å². The second kappa shape index (κ2) is 1.14. The van der Waals surface area contributed by atoms with Crippen LogP contribution in [0.25, 0.3) is 0 Å². The summed E-state index contributed by atoms with van der Waals surface area (Å²) in [5, 5.41) is 6.88. The van der Waals surface area contributed by atoms with Crippen molar-refractivity contribution in [3.05, 3.63) is 0 Å². The molecule has 1 rings (SSSR count). The highest BCUT2D eigenvalue weighted by Gasteiger charge is 1.93. The lowest BCUT2D eigenvalue weighted by Crippen LogP contribution is -1.80. The molecule has 0 amide bonds. The molecule has 1 aliphatic rings. The van der Waals surface area contributed by atoms with Gasteiger partial charge in [0, 0.05) is 12.8 Å². The van der Waals surface area contributed by atoms with Gasteiger partial charge in [-0.25, -0.2) is 0 Å². The molecule has 30 valence electrons. The zero-order chi connectivity index (χ0) is 4.41. The van der Waals surface area contributed by atoms with E-state index in [-0.39, 0.29) is 0 Å². The molecule has 0 unspecified atom stereocenters. The number of nitrogens with one attached hydrogen (secondary N) is 1. The Hall–Kier alpha value is -0.770. The van der Waals surface area contributed by atoms with E-state index in [2.05, 4.69) is 11.8 Å². The molecule has 0 saturated carbocycles. The van der Waals surface area contributed by atoms with E-state index in [0.29, 0.717) is 5.71 Å². The molecule has 0 spiro atoms. The third kappa shape index (κ3) is 0.414. The fourth-order valence-electron chi connectivity index (χ4n) is 0.419. The van der Waals surface area contributed by atoms with E-state index in [9.17, 15) is 0 Å². The highest BCUT2D eigenvalue weighted by atomic mass is 14.4. The highest BCUT2D eigenvalue weighted by Crippen LogP contribution is 1.93. The van der Waals surface area contributed by atoms with Gasteiger partial charge in [0.15, 0.2) is 0 Å². The summed E-state index contributed by atoms with van der Waals surface area (Å²) < 4.78 is 0. The minimum absolute atomic E-state index is 0.593. The van der Waals surface area contributed by atoms with E-state index in [0.717, 1.165) is 12.8 Å². The normalized spacial score (nSPS) is 17.0. The van der Waals surface area contributed by atoms with Crippen molar-refractivity contribution in [2.45, 2.75) is 12.8 Å². The molecular formula is C5H5N. The maximum Gasteiger partial charge on any atom is 0.0819 e. The molecule has 0 saturated heterocycles. The monoisotopic (exact) mass is 79.0 g/mol. The minimum atomic E-state index is 0.593. The van der Waals surface area contributed by atoms with Gasteiger partial charge < -0.3 is 0 Å². The first-order chi connectivity index (χ1) is 2.89. The first-order valence-electron chi connectivity index (χ1n) is 1.96. The Bertz CT molecular complexity index is 125. The van der Waals surface area contributed by atoms with Gasteiger partial charge in [-0.15, -0.1) is 0 Å². The lowest BCUT2D eigenvalue weighted by Gasteiger charge is -1.74. The third-order valence-corrected chi connectivity index (χ3v) is 0.739. The summed E-state index contributed by atoms with van der Waals surface area (Å²) in [5.74, 6) is 5.45. The molecule has 0 heterocycles. The Morgan fingerprint density at radius 2 is 2.50 bits per heavy atom. The van der Waals surface area contributed by atoms with E-state index in [1.54, 1.807) is 0 Å². The SMILES string of the molecule is N=C1C#CCC1. The average molecular weight is 79.1 g/mol. The summed E-state index contributed by atoms with van der Waals surface area (Å²) in [7, 11) is 0. The molecule has 0 bridgehead atoms. The molecule has 0 fully saturated rings. The van der Waals surface area contributed by atoms with Crippen molar-refractivity contribution in [2.75, 3.05) is 0 Å². The zero-order valence-corrected chi connectivity index (χ0v) is 3.41. The Balaban J connectivity index is 2.68. The summed E-state index contributed by atoms with van der Waals surface area (Å²) in [6.45, 7) is 0. The van der Waals surface area contributed by atoms with E-state index in [4.69, 9.17) is 5.41 Å². The molecule has 1 aliphatic carbocycles. The fourth-order valence-corrected chi connectivity index (χ4v) is 0.419. The second-order valence-electron chi connectivity index (χ2n) is 1.28. The van der Waals surface area contributed by atoms with Crippen molar-refractivity contribution >= 4 is 5.71 Å². The van der Waals surface area contributed by atoms with Gasteiger partial charge in [-0.3, -0.25) is 5.41 Å². The van der Waals surface area contributed by atoms with Crippen LogP contribution in [0.5, 0.6) is 0 Å². The first-order valence-corrected chi connectivity index (χ1v) is 1.96. The standard InChI is InChI=1S/C5H5N/c6-5-3-1-2-4-5/h6H,1,3H2. The van der Waals surface area contributed by atoms with Crippen molar-refractivity contribution in [2.24, 2.45) is 0 Å². The average Bonchev–Trinajstić information content (AvgIpc) is 1.86. The summed E-state index contributed by atoms with van der Waals surface area (Å²) in [6.07, 6.45) is 1.75. The van der Waals surface area contributed by atoms with Crippen LogP contribution >= 0.6 is 0 Å². The van der Waals surface area contributed by atoms with Crippen LogP contribution in [0, 0.1) is 17.3 Å². The van der Waals surface area contributed by atoms with Crippen LogP contribution in [0.4, 0.5) is 0 Å². The summed E-state index contributed by atoms with van der Waals surface area (Å²) in [4.78, 5) is 0. The van der Waals surface area contributed by atoms with E-state index < -0.39 is 0 Å². The lowest BCUT2D eigenvalue weighted by atomic mass is 10.3. The van der Waals surface area contributed by atoms with Gasteiger partial charge in [0.25, 0.3) is 0 Å². The van der Waals surface area contributed by atoms with E-state index >= 15 is 0 Å². The Morgan fingerprint density at radius 3 is 2.67 bits per heavy atom. The third-order valence-electron chi connectivity index (χ3n) is 0.739. The van der Waals surface area contributed by atoms with Crippen molar-refractivity contribution in [1.82, 2.24) is 0 Å². The van der Waals surface area contributed by atoms with Gasteiger partial charge in [-0.2, -0.15) is 0 Å². The predicted octanol–water partition coefficient (Wildman–Crippen LogP) is 0.803. The van der Waals surface area contributed by atoms with Crippen LogP contribution in [-0.2, 0) is 0 Å².